The Kier molecular flexibility index (Phi) is 4.47. The SMILES string of the molecule is CCOc1cncc(C(O)c2ncccc2CC)c1. The fraction of sp³-hybridized carbons (Fsp3) is 0.333. The van der Waals surface area contributed by atoms with Crippen molar-refractivity contribution in [3.05, 3.63) is 53.6 Å². The summed E-state index contributed by atoms with van der Waals surface area (Å²) in [6.45, 7) is 4.53. The van der Waals surface area contributed by atoms with E-state index in [4.69, 9.17) is 4.74 Å². The van der Waals surface area contributed by atoms with Crippen molar-refractivity contribution in [3.63, 3.8) is 0 Å². The fourth-order valence-electron chi connectivity index (χ4n) is 1.98. The van der Waals surface area contributed by atoms with Crippen molar-refractivity contribution in [2.24, 2.45) is 0 Å². The summed E-state index contributed by atoms with van der Waals surface area (Å²) in [7, 11) is 0. The molecule has 0 aliphatic rings. The van der Waals surface area contributed by atoms with Gasteiger partial charge in [-0.05, 0) is 31.0 Å². The predicted molar refractivity (Wildman–Crippen MR) is 73.1 cm³/mol. The average molecular weight is 258 g/mol. The zero-order chi connectivity index (χ0) is 13.7. The van der Waals surface area contributed by atoms with Crippen molar-refractivity contribution >= 4 is 0 Å². The van der Waals surface area contributed by atoms with Gasteiger partial charge in [-0.25, -0.2) is 0 Å². The van der Waals surface area contributed by atoms with E-state index in [-0.39, 0.29) is 0 Å². The van der Waals surface area contributed by atoms with E-state index in [1.165, 1.54) is 0 Å². The van der Waals surface area contributed by atoms with E-state index in [1.807, 2.05) is 26.0 Å². The molecule has 2 aromatic rings. The molecule has 1 atom stereocenters. The van der Waals surface area contributed by atoms with Gasteiger partial charge in [-0.3, -0.25) is 9.97 Å². The Morgan fingerprint density at radius 2 is 2.16 bits per heavy atom. The van der Waals surface area contributed by atoms with Crippen LogP contribution in [0.15, 0.2) is 36.8 Å². The second-order valence-corrected chi connectivity index (χ2v) is 4.19. The summed E-state index contributed by atoms with van der Waals surface area (Å²) < 4.78 is 5.40. The van der Waals surface area contributed by atoms with E-state index in [0.717, 1.165) is 12.0 Å². The first kappa shape index (κ1) is 13.5. The molecule has 0 amide bonds. The Bertz CT molecular complexity index is 543. The van der Waals surface area contributed by atoms with Gasteiger partial charge in [0.1, 0.15) is 11.9 Å². The van der Waals surface area contributed by atoms with Crippen LogP contribution in [0.5, 0.6) is 5.75 Å². The molecule has 100 valence electrons. The normalized spacial score (nSPS) is 12.2. The number of aliphatic hydroxyl groups excluding tert-OH is 1. The van der Waals surface area contributed by atoms with Gasteiger partial charge in [-0.15, -0.1) is 0 Å². The van der Waals surface area contributed by atoms with Crippen LogP contribution in [-0.2, 0) is 6.42 Å². The Hall–Kier alpha value is -1.94. The van der Waals surface area contributed by atoms with Crippen molar-refractivity contribution in [1.82, 2.24) is 9.97 Å². The van der Waals surface area contributed by atoms with Gasteiger partial charge in [0.25, 0.3) is 0 Å². The van der Waals surface area contributed by atoms with Crippen molar-refractivity contribution in [3.8, 4) is 5.75 Å². The maximum absolute atomic E-state index is 10.4. The number of pyridine rings is 2. The molecule has 2 rings (SSSR count). The minimum atomic E-state index is -0.774. The molecular weight excluding hydrogens is 240 g/mol. The molecule has 0 saturated carbocycles. The molecule has 0 radical (unpaired) electrons. The lowest BCUT2D eigenvalue weighted by molar-refractivity contribution is 0.213. The van der Waals surface area contributed by atoms with Crippen LogP contribution in [0, 0.1) is 0 Å². The van der Waals surface area contributed by atoms with E-state index in [2.05, 4.69) is 9.97 Å². The van der Waals surface area contributed by atoms with Crippen LogP contribution in [0.25, 0.3) is 0 Å². The van der Waals surface area contributed by atoms with E-state index in [9.17, 15) is 5.11 Å². The van der Waals surface area contributed by atoms with Crippen LogP contribution in [0.1, 0.15) is 36.8 Å². The molecule has 0 aliphatic carbocycles. The number of aromatic nitrogens is 2. The van der Waals surface area contributed by atoms with E-state index in [1.54, 1.807) is 24.7 Å². The number of hydrogen-bond acceptors (Lipinski definition) is 4. The van der Waals surface area contributed by atoms with Crippen LogP contribution in [0.4, 0.5) is 0 Å². The topological polar surface area (TPSA) is 55.2 Å². The number of rotatable bonds is 5. The van der Waals surface area contributed by atoms with Gasteiger partial charge in [0.05, 0.1) is 18.5 Å². The molecular formula is C15H18N2O2. The lowest BCUT2D eigenvalue weighted by Crippen LogP contribution is -2.07. The largest absolute Gasteiger partial charge is 0.492 e. The minimum Gasteiger partial charge on any atom is -0.492 e. The summed E-state index contributed by atoms with van der Waals surface area (Å²) in [5.74, 6) is 0.660. The Balaban J connectivity index is 2.32. The molecule has 0 fully saturated rings. The monoisotopic (exact) mass is 258 g/mol. The number of nitrogens with zero attached hydrogens (tertiary/aromatic N) is 2. The van der Waals surface area contributed by atoms with Crippen LogP contribution in [-0.4, -0.2) is 21.7 Å². The highest BCUT2D eigenvalue weighted by Gasteiger charge is 2.16. The molecule has 2 heterocycles. The Labute approximate surface area is 113 Å². The highest BCUT2D eigenvalue weighted by atomic mass is 16.5. The van der Waals surface area contributed by atoms with E-state index >= 15 is 0 Å². The Morgan fingerprint density at radius 3 is 2.89 bits per heavy atom. The van der Waals surface area contributed by atoms with Crippen molar-refractivity contribution in [2.45, 2.75) is 26.4 Å². The third-order valence-corrected chi connectivity index (χ3v) is 2.93. The first-order valence-electron chi connectivity index (χ1n) is 6.45. The summed E-state index contributed by atoms with van der Waals surface area (Å²) >= 11 is 0. The molecule has 1 unspecified atom stereocenters. The number of hydrogen-bond donors (Lipinski definition) is 1. The van der Waals surface area contributed by atoms with Gasteiger partial charge in [-0.1, -0.05) is 13.0 Å². The molecule has 0 aliphatic heterocycles. The lowest BCUT2D eigenvalue weighted by Gasteiger charge is -2.14. The average Bonchev–Trinajstić information content (AvgIpc) is 2.47. The summed E-state index contributed by atoms with van der Waals surface area (Å²) in [4.78, 5) is 8.38. The third kappa shape index (κ3) is 3.09. The molecule has 2 aromatic heterocycles. The van der Waals surface area contributed by atoms with Crippen molar-refractivity contribution in [2.75, 3.05) is 6.61 Å². The first-order valence-corrected chi connectivity index (χ1v) is 6.45. The number of ether oxygens (including phenoxy) is 1. The lowest BCUT2D eigenvalue weighted by atomic mass is 10.0. The van der Waals surface area contributed by atoms with Crippen LogP contribution < -0.4 is 4.74 Å². The van der Waals surface area contributed by atoms with Gasteiger partial charge in [0, 0.05) is 18.0 Å². The highest BCUT2D eigenvalue weighted by Crippen LogP contribution is 2.25. The molecule has 0 saturated heterocycles. The van der Waals surface area contributed by atoms with Crippen molar-refractivity contribution < 1.29 is 9.84 Å². The first-order chi connectivity index (χ1) is 9.26. The smallest absolute Gasteiger partial charge is 0.137 e. The number of aliphatic hydroxyl groups is 1. The van der Waals surface area contributed by atoms with Crippen LogP contribution in [0.2, 0.25) is 0 Å². The number of aryl methyl sites for hydroxylation is 1. The maximum atomic E-state index is 10.4. The molecule has 1 N–H and O–H groups in total. The molecule has 4 heteroatoms. The van der Waals surface area contributed by atoms with Crippen molar-refractivity contribution in [1.29, 1.82) is 0 Å². The molecule has 0 aromatic carbocycles. The fourth-order valence-corrected chi connectivity index (χ4v) is 1.98. The quantitative estimate of drug-likeness (QED) is 0.895. The van der Waals surface area contributed by atoms with E-state index in [0.29, 0.717) is 23.6 Å². The zero-order valence-electron chi connectivity index (χ0n) is 11.2. The van der Waals surface area contributed by atoms with Gasteiger partial charge < -0.3 is 9.84 Å². The Morgan fingerprint density at radius 1 is 1.32 bits per heavy atom. The second kappa shape index (κ2) is 6.29. The third-order valence-electron chi connectivity index (χ3n) is 2.93. The maximum Gasteiger partial charge on any atom is 0.137 e. The zero-order valence-corrected chi connectivity index (χ0v) is 11.2. The summed E-state index contributed by atoms with van der Waals surface area (Å²) in [5.41, 5.74) is 2.41. The van der Waals surface area contributed by atoms with E-state index < -0.39 is 6.10 Å². The minimum absolute atomic E-state index is 0.574. The van der Waals surface area contributed by atoms with Gasteiger partial charge in [0.15, 0.2) is 0 Å². The molecule has 0 bridgehead atoms. The summed E-state index contributed by atoms with van der Waals surface area (Å²) in [6.07, 6.45) is 5.03. The standard InChI is InChI=1S/C15H18N2O2/c1-3-11-6-5-7-17-14(11)15(18)12-8-13(19-4-2)10-16-9-12/h5-10,15,18H,3-4H2,1-2H3. The van der Waals surface area contributed by atoms with Crippen LogP contribution >= 0.6 is 0 Å². The summed E-state index contributed by atoms with van der Waals surface area (Å²) in [5, 5.41) is 10.4. The predicted octanol–water partition coefficient (Wildman–Crippen LogP) is 2.52. The highest BCUT2D eigenvalue weighted by molar-refractivity contribution is 5.33. The summed E-state index contributed by atoms with van der Waals surface area (Å²) in [6, 6.07) is 5.66. The van der Waals surface area contributed by atoms with Gasteiger partial charge >= 0.3 is 0 Å². The van der Waals surface area contributed by atoms with Crippen LogP contribution in [0.3, 0.4) is 0 Å². The second-order valence-electron chi connectivity index (χ2n) is 4.19. The molecule has 4 nitrogen and oxygen atoms in total. The molecule has 19 heavy (non-hydrogen) atoms. The van der Waals surface area contributed by atoms with Gasteiger partial charge in [-0.2, -0.15) is 0 Å². The van der Waals surface area contributed by atoms with Gasteiger partial charge in [0.2, 0.25) is 0 Å². The molecule has 0 spiro atoms.